The number of H-pyrrole nitrogens is 1. The summed E-state index contributed by atoms with van der Waals surface area (Å²) in [7, 11) is 0. The zero-order valence-electron chi connectivity index (χ0n) is 16.2. The molecule has 5 aromatic rings. The lowest BCUT2D eigenvalue weighted by atomic mass is 10.1. The van der Waals surface area contributed by atoms with Crippen molar-refractivity contribution in [3.05, 3.63) is 80.7 Å². The van der Waals surface area contributed by atoms with Gasteiger partial charge in [-0.2, -0.15) is 4.68 Å². The van der Waals surface area contributed by atoms with Crippen LogP contribution in [-0.2, 0) is 5.75 Å². The van der Waals surface area contributed by atoms with Crippen molar-refractivity contribution < 1.29 is 0 Å². The Hall–Kier alpha value is -3.01. The molecule has 0 fully saturated rings. The molecule has 10 heteroatoms. The Balaban J connectivity index is 1.44. The maximum absolute atomic E-state index is 12.9. The largest absolute Gasteiger partial charge is 0.309 e. The van der Waals surface area contributed by atoms with E-state index in [-0.39, 0.29) is 5.56 Å². The summed E-state index contributed by atoms with van der Waals surface area (Å²) < 4.78 is 1.68. The average Bonchev–Trinajstić information content (AvgIpc) is 3.40. The fraction of sp³-hybridized carbons (Fsp3) is 0.0952. The number of hydrogen-bond acceptors (Lipinski definition) is 7. The van der Waals surface area contributed by atoms with Crippen molar-refractivity contribution in [3.8, 4) is 16.8 Å². The van der Waals surface area contributed by atoms with Gasteiger partial charge in [-0.05, 0) is 41.1 Å². The number of thioether (sulfide) groups is 1. The molecule has 0 saturated heterocycles. The summed E-state index contributed by atoms with van der Waals surface area (Å²) in [6, 6.07) is 15.4. The van der Waals surface area contributed by atoms with Crippen LogP contribution in [0.5, 0.6) is 0 Å². The van der Waals surface area contributed by atoms with Crippen LogP contribution < -0.4 is 5.56 Å². The minimum atomic E-state index is -0.185. The third-order valence-corrected chi connectivity index (χ3v) is 6.81. The fourth-order valence-electron chi connectivity index (χ4n) is 3.26. The number of rotatable bonds is 5. The SMILES string of the molecule is Cc1cccc(-n2nnnc2SCc2nc3scc(-c4ccccc4Cl)c3c(=O)[nH]2)c1. The van der Waals surface area contributed by atoms with E-state index in [9.17, 15) is 4.79 Å². The Morgan fingerprint density at radius 1 is 1.16 bits per heavy atom. The molecule has 0 atom stereocenters. The third-order valence-electron chi connectivity index (χ3n) is 4.68. The molecule has 0 radical (unpaired) electrons. The number of benzene rings is 2. The highest BCUT2D eigenvalue weighted by Gasteiger charge is 2.16. The lowest BCUT2D eigenvalue weighted by Crippen LogP contribution is -2.11. The number of aromatic amines is 1. The van der Waals surface area contributed by atoms with E-state index in [1.807, 2.05) is 60.8 Å². The molecule has 7 nitrogen and oxygen atoms in total. The van der Waals surface area contributed by atoms with E-state index in [4.69, 9.17) is 11.6 Å². The molecular weight excluding hydrogens is 452 g/mol. The molecule has 5 rings (SSSR count). The Morgan fingerprint density at radius 3 is 2.87 bits per heavy atom. The summed E-state index contributed by atoms with van der Waals surface area (Å²) in [5.74, 6) is 0.991. The Morgan fingerprint density at radius 2 is 2.03 bits per heavy atom. The van der Waals surface area contributed by atoms with Crippen molar-refractivity contribution in [2.45, 2.75) is 17.8 Å². The molecule has 0 amide bonds. The van der Waals surface area contributed by atoms with Crippen LogP contribution in [0.3, 0.4) is 0 Å². The minimum absolute atomic E-state index is 0.185. The van der Waals surface area contributed by atoms with Crippen LogP contribution in [0.4, 0.5) is 0 Å². The lowest BCUT2D eigenvalue weighted by Gasteiger charge is -2.05. The van der Waals surface area contributed by atoms with Gasteiger partial charge in [-0.25, -0.2) is 4.98 Å². The molecule has 0 unspecified atom stereocenters. The number of hydrogen-bond donors (Lipinski definition) is 1. The zero-order valence-corrected chi connectivity index (χ0v) is 18.6. The fourth-order valence-corrected chi connectivity index (χ4v) is 5.22. The maximum atomic E-state index is 12.9. The van der Waals surface area contributed by atoms with Crippen LogP contribution in [0, 0.1) is 6.92 Å². The lowest BCUT2D eigenvalue weighted by molar-refractivity contribution is 0.755. The predicted octanol–water partition coefficient (Wildman–Crippen LogP) is 4.88. The van der Waals surface area contributed by atoms with Gasteiger partial charge in [0.15, 0.2) is 0 Å². The van der Waals surface area contributed by atoms with Crippen molar-refractivity contribution in [3.63, 3.8) is 0 Å². The molecule has 3 aromatic heterocycles. The highest BCUT2D eigenvalue weighted by Crippen LogP contribution is 2.35. The first-order valence-electron chi connectivity index (χ1n) is 9.33. The molecule has 0 aliphatic rings. The van der Waals surface area contributed by atoms with Crippen molar-refractivity contribution in [1.82, 2.24) is 30.2 Å². The second-order valence-electron chi connectivity index (χ2n) is 6.82. The van der Waals surface area contributed by atoms with Crippen LogP contribution in [-0.4, -0.2) is 30.2 Å². The molecule has 0 aliphatic heterocycles. The standard InChI is InChI=1S/C21H15ClN6OS2/c1-12-5-4-6-13(9-12)28-21(25-26-27-28)31-11-17-23-19(29)18-15(10-30-20(18)24-17)14-7-2-3-8-16(14)22/h2-10H,11H2,1H3,(H,23,24,29). The van der Waals surface area contributed by atoms with Gasteiger partial charge in [0.05, 0.1) is 16.8 Å². The summed E-state index contributed by atoms with van der Waals surface area (Å²) >= 11 is 9.16. The number of nitrogens with zero attached hydrogens (tertiary/aromatic N) is 5. The number of aromatic nitrogens is 6. The van der Waals surface area contributed by atoms with Gasteiger partial charge in [0.2, 0.25) is 5.16 Å². The van der Waals surface area contributed by atoms with Gasteiger partial charge < -0.3 is 4.98 Å². The van der Waals surface area contributed by atoms with Crippen LogP contribution >= 0.6 is 34.7 Å². The number of thiophene rings is 1. The monoisotopic (exact) mass is 466 g/mol. The highest BCUT2D eigenvalue weighted by molar-refractivity contribution is 7.98. The molecule has 0 spiro atoms. The number of aryl methyl sites for hydroxylation is 1. The van der Waals surface area contributed by atoms with E-state index in [1.54, 1.807) is 4.68 Å². The summed E-state index contributed by atoms with van der Waals surface area (Å²) in [5.41, 5.74) is 3.43. The summed E-state index contributed by atoms with van der Waals surface area (Å²) in [6.07, 6.45) is 0. The van der Waals surface area contributed by atoms with Crippen LogP contribution in [0.2, 0.25) is 5.02 Å². The quantitative estimate of drug-likeness (QED) is 0.371. The zero-order chi connectivity index (χ0) is 21.4. The second kappa shape index (κ2) is 8.26. The molecule has 154 valence electrons. The molecular formula is C21H15ClN6OS2. The van der Waals surface area contributed by atoms with Gasteiger partial charge in [-0.15, -0.1) is 16.4 Å². The number of halogens is 1. The van der Waals surface area contributed by atoms with Gasteiger partial charge in [0, 0.05) is 21.5 Å². The summed E-state index contributed by atoms with van der Waals surface area (Å²) in [5, 5.41) is 15.7. The molecule has 31 heavy (non-hydrogen) atoms. The normalized spacial score (nSPS) is 11.3. The predicted molar refractivity (Wildman–Crippen MR) is 124 cm³/mol. The number of nitrogens with one attached hydrogen (secondary N) is 1. The first-order chi connectivity index (χ1) is 15.1. The first kappa shape index (κ1) is 19.9. The van der Waals surface area contributed by atoms with Crippen molar-refractivity contribution in [1.29, 1.82) is 0 Å². The average molecular weight is 467 g/mol. The molecule has 0 aliphatic carbocycles. The summed E-state index contributed by atoms with van der Waals surface area (Å²) in [4.78, 5) is 21.1. The van der Waals surface area contributed by atoms with Gasteiger partial charge in [-0.1, -0.05) is 53.7 Å². The topological polar surface area (TPSA) is 89.3 Å². The van der Waals surface area contributed by atoms with Crippen LogP contribution in [0.15, 0.2) is 63.9 Å². The van der Waals surface area contributed by atoms with E-state index in [2.05, 4.69) is 25.5 Å². The molecule has 1 N–H and O–H groups in total. The molecule has 2 aromatic carbocycles. The van der Waals surface area contributed by atoms with E-state index in [1.165, 1.54) is 23.1 Å². The Bertz CT molecular complexity index is 1460. The van der Waals surface area contributed by atoms with E-state index in [0.29, 0.717) is 32.0 Å². The smallest absolute Gasteiger partial charge is 0.260 e. The highest BCUT2D eigenvalue weighted by atomic mass is 35.5. The molecule has 0 saturated carbocycles. The number of tetrazole rings is 1. The Kier molecular flexibility index (Phi) is 5.31. The third kappa shape index (κ3) is 3.87. The van der Waals surface area contributed by atoms with E-state index < -0.39 is 0 Å². The van der Waals surface area contributed by atoms with Crippen molar-refractivity contribution in [2.75, 3.05) is 0 Å². The van der Waals surface area contributed by atoms with Gasteiger partial charge in [-0.3, -0.25) is 4.79 Å². The van der Waals surface area contributed by atoms with Crippen molar-refractivity contribution >= 4 is 44.9 Å². The van der Waals surface area contributed by atoms with Gasteiger partial charge in [0.1, 0.15) is 10.7 Å². The molecule has 3 heterocycles. The van der Waals surface area contributed by atoms with Crippen molar-refractivity contribution in [2.24, 2.45) is 0 Å². The molecule has 0 bridgehead atoms. The van der Waals surface area contributed by atoms with E-state index >= 15 is 0 Å². The van der Waals surface area contributed by atoms with Gasteiger partial charge >= 0.3 is 0 Å². The second-order valence-corrected chi connectivity index (χ2v) is 9.03. The Labute approximate surface area is 190 Å². The first-order valence-corrected chi connectivity index (χ1v) is 11.6. The van der Waals surface area contributed by atoms with Gasteiger partial charge in [0.25, 0.3) is 5.56 Å². The van der Waals surface area contributed by atoms with Crippen LogP contribution in [0.1, 0.15) is 11.4 Å². The maximum Gasteiger partial charge on any atom is 0.260 e. The van der Waals surface area contributed by atoms with E-state index in [0.717, 1.165) is 22.4 Å². The number of fused-ring (bicyclic) bond motifs is 1. The summed E-state index contributed by atoms with van der Waals surface area (Å²) in [6.45, 7) is 2.02. The minimum Gasteiger partial charge on any atom is -0.309 e. The van der Waals surface area contributed by atoms with Crippen LogP contribution in [0.25, 0.3) is 27.0 Å².